The maximum absolute atomic E-state index is 13.5. The summed E-state index contributed by atoms with van der Waals surface area (Å²) in [5, 5.41) is 0.888. The number of para-hydroxylation sites is 1. The first kappa shape index (κ1) is 20.9. The number of ether oxygens (including phenoxy) is 2. The van der Waals surface area contributed by atoms with E-state index in [1.165, 1.54) is 0 Å². The highest BCUT2D eigenvalue weighted by atomic mass is 16.7. The lowest BCUT2D eigenvalue weighted by molar-refractivity contribution is -0.176. The number of hydrogen-bond donors (Lipinski definition) is 0. The van der Waals surface area contributed by atoms with Crippen molar-refractivity contribution in [2.45, 2.75) is 57.9 Å². The number of fused-ring (bicyclic) bond motifs is 1. The molecule has 1 aromatic heterocycles. The number of hydrogen-bond acceptors (Lipinski definition) is 5. The van der Waals surface area contributed by atoms with Gasteiger partial charge in [-0.25, -0.2) is 0 Å². The molecule has 2 aliphatic rings. The third-order valence-corrected chi connectivity index (χ3v) is 5.99. The lowest BCUT2D eigenvalue weighted by atomic mass is 10.1. The molecular formula is C23H30N2O5. The first-order chi connectivity index (χ1) is 14.6. The molecule has 2 aliphatic heterocycles. The van der Waals surface area contributed by atoms with Crippen molar-refractivity contribution in [1.29, 1.82) is 0 Å². The maximum atomic E-state index is 13.5. The Balaban J connectivity index is 1.52. The molecule has 0 radical (unpaired) electrons. The number of furan rings is 1. The van der Waals surface area contributed by atoms with Crippen molar-refractivity contribution in [3.05, 3.63) is 36.1 Å². The molecule has 0 spiro atoms. The van der Waals surface area contributed by atoms with Gasteiger partial charge in [-0.3, -0.25) is 9.59 Å². The van der Waals surface area contributed by atoms with Crippen LogP contribution in [0, 0.1) is 0 Å². The predicted molar refractivity (Wildman–Crippen MR) is 112 cm³/mol. The summed E-state index contributed by atoms with van der Waals surface area (Å²) >= 11 is 0. The third-order valence-electron chi connectivity index (χ3n) is 5.99. The molecule has 30 heavy (non-hydrogen) atoms. The van der Waals surface area contributed by atoms with Crippen molar-refractivity contribution in [2.75, 3.05) is 26.3 Å². The molecule has 2 atom stereocenters. The van der Waals surface area contributed by atoms with E-state index in [2.05, 4.69) is 0 Å². The maximum Gasteiger partial charge on any atom is 0.290 e. The van der Waals surface area contributed by atoms with Crippen LogP contribution < -0.4 is 0 Å². The second-order valence-electron chi connectivity index (χ2n) is 7.83. The van der Waals surface area contributed by atoms with Crippen LogP contribution >= 0.6 is 0 Å². The molecule has 0 N–H and O–H groups in total. The normalized spacial score (nSPS) is 21.8. The summed E-state index contributed by atoms with van der Waals surface area (Å²) in [4.78, 5) is 30.2. The van der Waals surface area contributed by atoms with E-state index < -0.39 is 12.3 Å². The molecule has 4 rings (SSSR count). The van der Waals surface area contributed by atoms with Crippen LogP contribution in [0.15, 0.2) is 34.7 Å². The van der Waals surface area contributed by atoms with Gasteiger partial charge in [-0.1, -0.05) is 18.2 Å². The Hall–Kier alpha value is -2.38. The van der Waals surface area contributed by atoms with Crippen LogP contribution in [-0.2, 0) is 14.3 Å². The zero-order valence-electron chi connectivity index (χ0n) is 17.7. The van der Waals surface area contributed by atoms with Gasteiger partial charge in [0, 0.05) is 31.7 Å². The largest absolute Gasteiger partial charge is 0.451 e. The van der Waals surface area contributed by atoms with E-state index in [-0.39, 0.29) is 23.6 Å². The molecule has 2 aromatic rings. The lowest BCUT2D eigenvalue weighted by Crippen LogP contribution is -2.52. The number of rotatable bonds is 7. The van der Waals surface area contributed by atoms with Crippen LogP contribution in [0.4, 0.5) is 0 Å². The number of amides is 2. The zero-order valence-corrected chi connectivity index (χ0v) is 17.7. The summed E-state index contributed by atoms with van der Waals surface area (Å²) in [6, 6.07) is 8.73. The topological polar surface area (TPSA) is 72.2 Å². The van der Waals surface area contributed by atoms with Crippen molar-refractivity contribution < 1.29 is 23.5 Å². The Morgan fingerprint density at radius 3 is 2.50 bits per heavy atom. The van der Waals surface area contributed by atoms with Gasteiger partial charge in [-0.2, -0.15) is 0 Å². The molecular weight excluding hydrogens is 384 g/mol. The summed E-state index contributed by atoms with van der Waals surface area (Å²) in [7, 11) is 0. The highest BCUT2D eigenvalue weighted by molar-refractivity contribution is 5.99. The van der Waals surface area contributed by atoms with Crippen LogP contribution in [0.3, 0.4) is 0 Å². The molecule has 162 valence electrons. The number of nitrogens with zero attached hydrogens (tertiary/aromatic N) is 2. The fourth-order valence-corrected chi connectivity index (χ4v) is 4.63. The molecule has 0 bridgehead atoms. The van der Waals surface area contributed by atoms with Gasteiger partial charge in [0.2, 0.25) is 5.91 Å². The third kappa shape index (κ3) is 3.96. The summed E-state index contributed by atoms with van der Waals surface area (Å²) in [5.41, 5.74) is 0.679. The molecule has 3 heterocycles. The smallest absolute Gasteiger partial charge is 0.290 e. The minimum absolute atomic E-state index is 0.0103. The number of carbonyl (C=O) groups is 2. The van der Waals surface area contributed by atoms with Crippen molar-refractivity contribution in [2.24, 2.45) is 0 Å². The highest BCUT2D eigenvalue weighted by Crippen LogP contribution is 2.29. The van der Waals surface area contributed by atoms with E-state index in [1.54, 1.807) is 11.0 Å². The average molecular weight is 415 g/mol. The van der Waals surface area contributed by atoms with E-state index in [0.717, 1.165) is 24.6 Å². The Labute approximate surface area is 176 Å². The Kier molecular flexibility index (Phi) is 6.39. The van der Waals surface area contributed by atoms with Crippen molar-refractivity contribution in [1.82, 2.24) is 9.80 Å². The van der Waals surface area contributed by atoms with E-state index in [0.29, 0.717) is 38.3 Å². The molecule has 7 heteroatoms. The Morgan fingerprint density at radius 1 is 1.07 bits per heavy atom. The number of carbonyl (C=O) groups excluding carboxylic acids is 2. The van der Waals surface area contributed by atoms with Gasteiger partial charge in [0.05, 0.1) is 6.04 Å². The molecule has 2 saturated heterocycles. The van der Waals surface area contributed by atoms with Crippen LogP contribution in [0.5, 0.6) is 0 Å². The minimum atomic E-state index is -0.463. The van der Waals surface area contributed by atoms with E-state index in [1.807, 2.05) is 43.0 Å². The molecule has 1 aromatic carbocycles. The van der Waals surface area contributed by atoms with E-state index >= 15 is 0 Å². The SMILES string of the molecule is CCOC(OCC)[C@@H]1CCCN1C(=O)[C@@H]1CCCN1C(=O)c1cc2ccccc2o1. The summed E-state index contributed by atoms with van der Waals surface area (Å²) in [6.45, 7) is 6.15. The fourth-order valence-electron chi connectivity index (χ4n) is 4.63. The monoisotopic (exact) mass is 414 g/mol. The lowest BCUT2D eigenvalue weighted by Gasteiger charge is -2.34. The van der Waals surface area contributed by atoms with Gasteiger partial charge in [-0.15, -0.1) is 0 Å². The molecule has 2 amide bonds. The van der Waals surface area contributed by atoms with E-state index in [9.17, 15) is 9.59 Å². The second-order valence-corrected chi connectivity index (χ2v) is 7.83. The van der Waals surface area contributed by atoms with Gasteiger partial charge in [0.1, 0.15) is 11.6 Å². The quantitative estimate of drug-likeness (QED) is 0.649. The van der Waals surface area contributed by atoms with Crippen molar-refractivity contribution >= 4 is 22.8 Å². The Morgan fingerprint density at radius 2 is 1.77 bits per heavy atom. The summed E-state index contributed by atoms with van der Waals surface area (Å²) in [5.74, 6) is 0.0585. The number of likely N-dealkylation sites (tertiary alicyclic amines) is 2. The zero-order chi connectivity index (χ0) is 21.1. The molecule has 7 nitrogen and oxygen atoms in total. The minimum Gasteiger partial charge on any atom is -0.451 e. The highest BCUT2D eigenvalue weighted by Gasteiger charge is 2.43. The van der Waals surface area contributed by atoms with Crippen molar-refractivity contribution in [3.63, 3.8) is 0 Å². The Bertz CT molecular complexity index is 856. The van der Waals surface area contributed by atoms with Gasteiger partial charge in [0.25, 0.3) is 5.91 Å². The molecule has 0 aliphatic carbocycles. The molecule has 2 fully saturated rings. The van der Waals surface area contributed by atoms with Crippen molar-refractivity contribution in [3.8, 4) is 0 Å². The first-order valence-electron chi connectivity index (χ1n) is 11.0. The number of benzene rings is 1. The van der Waals surface area contributed by atoms with Gasteiger partial charge in [-0.05, 0) is 51.7 Å². The van der Waals surface area contributed by atoms with Crippen LogP contribution in [0.25, 0.3) is 11.0 Å². The average Bonchev–Trinajstić information content (AvgIpc) is 3.51. The van der Waals surface area contributed by atoms with Gasteiger partial charge in [0.15, 0.2) is 12.1 Å². The molecule has 0 unspecified atom stereocenters. The standard InChI is InChI=1S/C23H30N2O5/c1-3-28-23(29-4-2)18-11-8-14-25(18)21(26)17-10-7-13-24(17)22(27)20-15-16-9-5-6-12-19(16)30-20/h5-6,9,12,15,17-18,23H,3-4,7-8,10-11,13-14H2,1-2H3/t17-,18-/m0/s1. The first-order valence-corrected chi connectivity index (χ1v) is 11.0. The van der Waals surface area contributed by atoms with Crippen LogP contribution in [0.1, 0.15) is 50.1 Å². The summed E-state index contributed by atoms with van der Waals surface area (Å²) < 4.78 is 17.3. The van der Waals surface area contributed by atoms with Gasteiger partial charge < -0.3 is 23.7 Å². The fraction of sp³-hybridized carbons (Fsp3) is 0.565. The predicted octanol–water partition coefficient (Wildman–Crippen LogP) is 3.43. The van der Waals surface area contributed by atoms with E-state index in [4.69, 9.17) is 13.9 Å². The van der Waals surface area contributed by atoms with Crippen LogP contribution in [-0.4, -0.2) is 66.3 Å². The summed E-state index contributed by atoms with van der Waals surface area (Å²) in [6.07, 6.45) is 2.81. The van der Waals surface area contributed by atoms with Gasteiger partial charge >= 0.3 is 0 Å². The molecule has 0 saturated carbocycles. The van der Waals surface area contributed by atoms with Crippen LogP contribution in [0.2, 0.25) is 0 Å². The second kappa shape index (κ2) is 9.18.